The van der Waals surface area contributed by atoms with Crippen molar-refractivity contribution in [3.8, 4) is 5.75 Å². The Bertz CT molecular complexity index is 1180. The van der Waals surface area contributed by atoms with Crippen LogP contribution in [0, 0.1) is 0 Å². The summed E-state index contributed by atoms with van der Waals surface area (Å²) in [6.07, 6.45) is 1.03. The standard InChI is InChI=1S/C25H23N3O5S/c1-32-25(31)28-24(34-2)27-21-15-18(23(30)17-9-5-3-6-10-17)13-14-20(21)26-22(29)16-33-19-11-7-4-8-12-19/h3-15H,16H2,1-2H3,(H,26,29)(H,27,28,31). The van der Waals surface area contributed by atoms with Gasteiger partial charge < -0.3 is 14.8 Å². The maximum absolute atomic E-state index is 12.9. The zero-order valence-electron chi connectivity index (χ0n) is 18.6. The summed E-state index contributed by atoms with van der Waals surface area (Å²) in [6.45, 7) is -0.215. The van der Waals surface area contributed by atoms with Gasteiger partial charge in [0.15, 0.2) is 17.6 Å². The van der Waals surface area contributed by atoms with Gasteiger partial charge >= 0.3 is 6.09 Å². The van der Waals surface area contributed by atoms with E-state index in [9.17, 15) is 14.4 Å². The SMILES string of the molecule is COC(=O)NC(=Nc1cc(C(=O)c2ccccc2)ccc1NC(=O)COc1ccccc1)SC. The third kappa shape index (κ3) is 6.94. The highest BCUT2D eigenvalue weighted by Crippen LogP contribution is 2.28. The number of nitrogens with one attached hydrogen (secondary N) is 2. The summed E-state index contributed by atoms with van der Waals surface area (Å²) in [5.74, 6) is -0.0466. The molecule has 0 unspecified atom stereocenters. The Labute approximate surface area is 201 Å². The summed E-state index contributed by atoms with van der Waals surface area (Å²) in [5, 5.41) is 5.48. The van der Waals surface area contributed by atoms with E-state index in [-0.39, 0.29) is 23.2 Å². The lowest BCUT2D eigenvalue weighted by Crippen LogP contribution is -2.27. The number of para-hydroxylation sites is 1. The van der Waals surface area contributed by atoms with Crippen LogP contribution in [0.2, 0.25) is 0 Å². The molecule has 3 aromatic rings. The summed E-state index contributed by atoms with van der Waals surface area (Å²) in [7, 11) is 1.24. The van der Waals surface area contributed by atoms with E-state index in [0.29, 0.717) is 22.6 Å². The Morgan fingerprint density at radius 2 is 1.59 bits per heavy atom. The number of anilines is 1. The van der Waals surface area contributed by atoms with E-state index < -0.39 is 12.0 Å². The lowest BCUT2D eigenvalue weighted by atomic mass is 10.0. The third-order valence-electron chi connectivity index (χ3n) is 4.49. The Morgan fingerprint density at radius 3 is 2.24 bits per heavy atom. The average Bonchev–Trinajstić information content (AvgIpc) is 2.88. The van der Waals surface area contributed by atoms with Crippen LogP contribution in [-0.2, 0) is 9.53 Å². The molecule has 2 amide bonds. The Balaban J connectivity index is 1.88. The molecular formula is C25H23N3O5S. The Morgan fingerprint density at radius 1 is 0.912 bits per heavy atom. The van der Waals surface area contributed by atoms with Crippen molar-refractivity contribution >= 4 is 46.1 Å². The molecule has 0 aromatic heterocycles. The first-order valence-electron chi connectivity index (χ1n) is 10.2. The molecule has 2 N–H and O–H groups in total. The summed E-state index contributed by atoms with van der Waals surface area (Å²) in [5.41, 5.74) is 1.53. The molecule has 0 saturated carbocycles. The molecular weight excluding hydrogens is 454 g/mol. The highest BCUT2D eigenvalue weighted by Gasteiger charge is 2.15. The van der Waals surface area contributed by atoms with E-state index in [0.717, 1.165) is 0 Å². The first-order valence-corrected chi connectivity index (χ1v) is 11.4. The van der Waals surface area contributed by atoms with Gasteiger partial charge in [-0.25, -0.2) is 9.79 Å². The molecule has 0 radical (unpaired) electrons. The van der Waals surface area contributed by atoms with Gasteiger partial charge in [-0.3, -0.25) is 14.9 Å². The second-order valence-corrected chi connectivity index (χ2v) is 7.61. The second-order valence-electron chi connectivity index (χ2n) is 6.81. The van der Waals surface area contributed by atoms with Crippen molar-refractivity contribution in [1.82, 2.24) is 5.32 Å². The molecule has 0 aliphatic heterocycles. The quantitative estimate of drug-likeness (QED) is 0.292. The number of amidine groups is 1. The molecule has 0 atom stereocenters. The minimum atomic E-state index is -0.688. The highest BCUT2D eigenvalue weighted by molar-refractivity contribution is 8.13. The van der Waals surface area contributed by atoms with Gasteiger partial charge in [0.05, 0.1) is 18.5 Å². The fourth-order valence-electron chi connectivity index (χ4n) is 2.85. The van der Waals surface area contributed by atoms with Crippen LogP contribution in [0.25, 0.3) is 0 Å². The van der Waals surface area contributed by atoms with Crippen LogP contribution >= 0.6 is 11.8 Å². The lowest BCUT2D eigenvalue weighted by molar-refractivity contribution is -0.118. The molecule has 8 nitrogen and oxygen atoms in total. The van der Waals surface area contributed by atoms with Gasteiger partial charge in [0, 0.05) is 11.1 Å². The van der Waals surface area contributed by atoms with E-state index in [2.05, 4.69) is 20.4 Å². The van der Waals surface area contributed by atoms with E-state index in [1.807, 2.05) is 12.1 Å². The van der Waals surface area contributed by atoms with Gasteiger partial charge in [-0.05, 0) is 36.6 Å². The minimum absolute atomic E-state index is 0.200. The van der Waals surface area contributed by atoms with Crippen LogP contribution in [0.4, 0.5) is 16.2 Å². The van der Waals surface area contributed by atoms with Gasteiger partial charge in [-0.2, -0.15) is 0 Å². The molecule has 0 heterocycles. The molecule has 0 spiro atoms. The van der Waals surface area contributed by atoms with Crippen LogP contribution < -0.4 is 15.4 Å². The number of nitrogens with zero attached hydrogens (tertiary/aromatic N) is 1. The molecule has 34 heavy (non-hydrogen) atoms. The number of alkyl carbamates (subject to hydrolysis) is 1. The fraction of sp³-hybridized carbons (Fsp3) is 0.120. The van der Waals surface area contributed by atoms with E-state index in [1.165, 1.54) is 18.9 Å². The number of carbonyl (C=O) groups is 3. The second kappa shape index (κ2) is 12.2. The Hall–Kier alpha value is -4.11. The number of carbonyl (C=O) groups excluding carboxylic acids is 3. The highest BCUT2D eigenvalue weighted by atomic mass is 32.2. The molecule has 9 heteroatoms. The van der Waals surface area contributed by atoms with Crippen molar-refractivity contribution in [3.63, 3.8) is 0 Å². The van der Waals surface area contributed by atoms with Crippen molar-refractivity contribution in [1.29, 1.82) is 0 Å². The first kappa shape index (κ1) is 24.5. The summed E-state index contributed by atoms with van der Waals surface area (Å²) >= 11 is 1.17. The van der Waals surface area contributed by atoms with Crippen LogP contribution in [0.1, 0.15) is 15.9 Å². The number of thioether (sulfide) groups is 1. The zero-order valence-corrected chi connectivity index (χ0v) is 19.4. The number of hydrogen-bond acceptors (Lipinski definition) is 7. The number of methoxy groups -OCH3 is 1. The van der Waals surface area contributed by atoms with E-state index in [4.69, 9.17) is 4.74 Å². The number of aliphatic imine (C=N–C) groups is 1. The predicted molar refractivity (Wildman–Crippen MR) is 133 cm³/mol. The third-order valence-corrected chi connectivity index (χ3v) is 5.07. The van der Waals surface area contributed by atoms with Crippen LogP contribution in [0.15, 0.2) is 83.9 Å². The summed E-state index contributed by atoms with van der Waals surface area (Å²) in [6, 6.07) is 22.5. The topological polar surface area (TPSA) is 106 Å². The minimum Gasteiger partial charge on any atom is -0.484 e. The van der Waals surface area contributed by atoms with Gasteiger partial charge in [0.25, 0.3) is 5.91 Å². The van der Waals surface area contributed by atoms with Crippen molar-refractivity contribution in [2.24, 2.45) is 4.99 Å². The lowest BCUT2D eigenvalue weighted by Gasteiger charge is -2.12. The average molecular weight is 478 g/mol. The van der Waals surface area contributed by atoms with Gasteiger partial charge in [-0.15, -0.1) is 0 Å². The molecule has 3 rings (SSSR count). The van der Waals surface area contributed by atoms with Gasteiger partial charge in [0.2, 0.25) is 0 Å². The number of ketones is 1. The van der Waals surface area contributed by atoms with Crippen LogP contribution in [-0.4, -0.2) is 42.9 Å². The summed E-state index contributed by atoms with van der Waals surface area (Å²) < 4.78 is 10.1. The monoisotopic (exact) mass is 477 g/mol. The van der Waals surface area contributed by atoms with Crippen molar-refractivity contribution in [2.75, 3.05) is 25.3 Å². The number of hydrogen-bond donors (Lipinski definition) is 2. The van der Waals surface area contributed by atoms with Gasteiger partial charge in [-0.1, -0.05) is 60.3 Å². The molecule has 0 bridgehead atoms. The molecule has 174 valence electrons. The molecule has 3 aromatic carbocycles. The van der Waals surface area contributed by atoms with Crippen LogP contribution in [0.3, 0.4) is 0 Å². The number of benzene rings is 3. The number of amides is 2. The molecule has 0 saturated heterocycles. The Kier molecular flexibility index (Phi) is 8.81. The predicted octanol–water partition coefficient (Wildman–Crippen LogP) is 4.64. The largest absolute Gasteiger partial charge is 0.484 e. The normalized spacial score (nSPS) is 10.8. The maximum atomic E-state index is 12.9. The number of rotatable bonds is 7. The van der Waals surface area contributed by atoms with E-state index >= 15 is 0 Å². The molecule has 0 fully saturated rings. The zero-order chi connectivity index (χ0) is 24.3. The molecule has 0 aliphatic rings. The van der Waals surface area contributed by atoms with Gasteiger partial charge in [0.1, 0.15) is 5.75 Å². The smallest absolute Gasteiger partial charge is 0.412 e. The first-order chi connectivity index (χ1) is 16.5. The fourth-order valence-corrected chi connectivity index (χ4v) is 3.23. The maximum Gasteiger partial charge on any atom is 0.412 e. The van der Waals surface area contributed by atoms with Crippen molar-refractivity contribution < 1.29 is 23.9 Å². The number of ether oxygens (including phenoxy) is 2. The summed E-state index contributed by atoms with van der Waals surface area (Å²) in [4.78, 5) is 41.5. The molecule has 0 aliphatic carbocycles. The van der Waals surface area contributed by atoms with Crippen molar-refractivity contribution in [2.45, 2.75) is 0 Å². The van der Waals surface area contributed by atoms with Crippen molar-refractivity contribution in [3.05, 3.63) is 90.0 Å². The van der Waals surface area contributed by atoms with Crippen LogP contribution in [0.5, 0.6) is 5.75 Å². The van der Waals surface area contributed by atoms with E-state index in [1.54, 1.807) is 73.0 Å².